The highest BCUT2D eigenvalue weighted by Crippen LogP contribution is 2.36. The van der Waals surface area contributed by atoms with E-state index in [0.717, 1.165) is 25.7 Å². The van der Waals surface area contributed by atoms with Crippen molar-refractivity contribution in [1.29, 1.82) is 0 Å². The lowest BCUT2D eigenvalue weighted by Crippen LogP contribution is -2.38. The molecule has 1 fully saturated rings. The van der Waals surface area contributed by atoms with Crippen molar-refractivity contribution in [2.24, 2.45) is 5.41 Å². The van der Waals surface area contributed by atoms with Gasteiger partial charge < -0.3 is 14.8 Å². The molecule has 0 bridgehead atoms. The van der Waals surface area contributed by atoms with Crippen LogP contribution in [0.4, 0.5) is 0 Å². The van der Waals surface area contributed by atoms with Crippen molar-refractivity contribution in [2.45, 2.75) is 25.7 Å². The first-order valence-electron chi connectivity index (χ1n) is 5.67. The third-order valence-corrected chi connectivity index (χ3v) is 3.41. The number of aliphatic hydroxyl groups excluding tert-OH is 1. The Morgan fingerprint density at radius 3 is 2.81 bits per heavy atom. The number of aliphatic hydroxyl groups is 1. The summed E-state index contributed by atoms with van der Waals surface area (Å²) in [4.78, 5) is 11.7. The second-order valence-corrected chi connectivity index (χ2v) is 4.56. The maximum atomic E-state index is 11.7. The molecule has 16 heavy (non-hydrogen) atoms. The van der Waals surface area contributed by atoms with Crippen LogP contribution in [0.2, 0.25) is 0 Å². The molecule has 0 atom stereocenters. The topological polar surface area (TPSA) is 62.5 Å². The Kier molecular flexibility index (Phi) is 3.29. The van der Waals surface area contributed by atoms with Crippen molar-refractivity contribution in [3.8, 4) is 0 Å². The summed E-state index contributed by atoms with van der Waals surface area (Å²) in [5.74, 6) is -0.131. The van der Waals surface area contributed by atoms with Gasteiger partial charge in [0.25, 0.3) is 5.91 Å². The summed E-state index contributed by atoms with van der Waals surface area (Å²) in [7, 11) is 0. The van der Waals surface area contributed by atoms with Crippen molar-refractivity contribution < 1.29 is 14.3 Å². The highest BCUT2D eigenvalue weighted by atomic mass is 16.3. The number of amides is 1. The van der Waals surface area contributed by atoms with Gasteiger partial charge in [-0.25, -0.2) is 0 Å². The van der Waals surface area contributed by atoms with Crippen molar-refractivity contribution in [3.63, 3.8) is 0 Å². The summed E-state index contributed by atoms with van der Waals surface area (Å²) in [6, 6.07) is 1.63. The van der Waals surface area contributed by atoms with Gasteiger partial charge >= 0.3 is 0 Å². The van der Waals surface area contributed by atoms with Crippen LogP contribution in [-0.2, 0) is 0 Å². The molecule has 1 heterocycles. The van der Waals surface area contributed by atoms with Gasteiger partial charge in [-0.1, -0.05) is 12.8 Å². The van der Waals surface area contributed by atoms with Gasteiger partial charge in [-0.2, -0.15) is 0 Å². The van der Waals surface area contributed by atoms with E-state index >= 15 is 0 Å². The van der Waals surface area contributed by atoms with Crippen LogP contribution in [0.1, 0.15) is 36.0 Å². The number of hydrogen-bond donors (Lipinski definition) is 2. The molecule has 0 unspecified atom stereocenters. The fourth-order valence-corrected chi connectivity index (χ4v) is 2.28. The lowest BCUT2D eigenvalue weighted by atomic mass is 9.87. The maximum Gasteiger partial charge on any atom is 0.254 e. The molecular formula is C12H17NO3. The first-order valence-corrected chi connectivity index (χ1v) is 5.67. The molecule has 2 N–H and O–H groups in total. The van der Waals surface area contributed by atoms with Crippen LogP contribution in [-0.4, -0.2) is 24.2 Å². The molecule has 0 aliphatic heterocycles. The minimum atomic E-state index is -0.131. The fraction of sp³-hybridized carbons (Fsp3) is 0.583. The van der Waals surface area contributed by atoms with Crippen molar-refractivity contribution in [2.75, 3.05) is 13.2 Å². The highest BCUT2D eigenvalue weighted by Gasteiger charge is 2.33. The van der Waals surface area contributed by atoms with Crippen molar-refractivity contribution >= 4 is 5.91 Å². The van der Waals surface area contributed by atoms with Gasteiger partial charge in [0.2, 0.25) is 0 Å². The fourth-order valence-electron chi connectivity index (χ4n) is 2.28. The zero-order chi connectivity index (χ0) is 11.4. The van der Waals surface area contributed by atoms with Crippen LogP contribution in [0.3, 0.4) is 0 Å². The molecule has 0 aromatic carbocycles. The summed E-state index contributed by atoms with van der Waals surface area (Å²) in [5.41, 5.74) is 0.436. The number of nitrogens with one attached hydrogen (secondary N) is 1. The molecule has 0 saturated heterocycles. The SMILES string of the molecule is O=C(NCC1(CO)CCCC1)c1ccoc1. The molecule has 1 aromatic rings. The maximum absolute atomic E-state index is 11.7. The largest absolute Gasteiger partial charge is 0.472 e. The Bertz CT molecular complexity index is 339. The Hall–Kier alpha value is -1.29. The number of carbonyl (C=O) groups is 1. The molecule has 0 radical (unpaired) electrons. The molecule has 1 aromatic heterocycles. The number of rotatable bonds is 4. The van der Waals surface area contributed by atoms with Crippen LogP contribution in [0, 0.1) is 5.41 Å². The van der Waals surface area contributed by atoms with Gasteiger partial charge in [-0.05, 0) is 18.9 Å². The highest BCUT2D eigenvalue weighted by molar-refractivity contribution is 5.93. The summed E-state index contributed by atoms with van der Waals surface area (Å²) >= 11 is 0. The monoisotopic (exact) mass is 223 g/mol. The lowest BCUT2D eigenvalue weighted by molar-refractivity contribution is 0.0880. The van der Waals surface area contributed by atoms with E-state index in [2.05, 4.69) is 5.32 Å². The smallest absolute Gasteiger partial charge is 0.254 e. The van der Waals surface area contributed by atoms with Crippen molar-refractivity contribution in [1.82, 2.24) is 5.32 Å². The first kappa shape index (κ1) is 11.2. The second kappa shape index (κ2) is 4.70. The molecule has 4 heteroatoms. The predicted molar refractivity (Wildman–Crippen MR) is 59.0 cm³/mol. The number of hydrogen-bond acceptors (Lipinski definition) is 3. The van der Waals surface area contributed by atoms with Crippen LogP contribution in [0.15, 0.2) is 23.0 Å². The average Bonchev–Trinajstić information content (AvgIpc) is 2.98. The zero-order valence-corrected chi connectivity index (χ0v) is 9.24. The van der Waals surface area contributed by atoms with Crippen molar-refractivity contribution in [3.05, 3.63) is 24.2 Å². The van der Waals surface area contributed by atoms with E-state index in [1.165, 1.54) is 12.5 Å². The van der Waals surface area contributed by atoms with E-state index in [-0.39, 0.29) is 17.9 Å². The third kappa shape index (κ3) is 2.27. The Labute approximate surface area is 94.6 Å². The van der Waals surface area contributed by atoms with E-state index in [9.17, 15) is 9.90 Å². The minimum Gasteiger partial charge on any atom is -0.472 e. The Morgan fingerprint density at radius 1 is 1.50 bits per heavy atom. The summed E-state index contributed by atoms with van der Waals surface area (Å²) in [5, 5.41) is 12.2. The zero-order valence-electron chi connectivity index (χ0n) is 9.24. The van der Waals surface area contributed by atoms with E-state index in [1.807, 2.05) is 0 Å². The number of carbonyl (C=O) groups excluding carboxylic acids is 1. The summed E-state index contributed by atoms with van der Waals surface area (Å²) in [6.07, 6.45) is 7.18. The summed E-state index contributed by atoms with van der Waals surface area (Å²) < 4.78 is 4.85. The molecule has 4 nitrogen and oxygen atoms in total. The third-order valence-electron chi connectivity index (χ3n) is 3.41. The normalized spacial score (nSPS) is 18.6. The van der Waals surface area contributed by atoms with Crippen LogP contribution >= 0.6 is 0 Å². The molecular weight excluding hydrogens is 206 g/mol. The van der Waals surface area contributed by atoms with Crippen LogP contribution < -0.4 is 5.32 Å². The van der Waals surface area contributed by atoms with Crippen LogP contribution in [0.5, 0.6) is 0 Å². The second-order valence-electron chi connectivity index (χ2n) is 4.56. The standard InChI is InChI=1S/C12H17NO3/c14-9-12(4-1-2-5-12)8-13-11(15)10-3-6-16-7-10/h3,6-7,14H,1-2,4-5,8-9H2,(H,13,15). The van der Waals surface area contributed by atoms with Gasteiger partial charge in [0.1, 0.15) is 6.26 Å². The van der Waals surface area contributed by atoms with E-state index < -0.39 is 0 Å². The predicted octanol–water partition coefficient (Wildman–Crippen LogP) is 1.56. The number of furan rings is 1. The molecule has 2 rings (SSSR count). The molecule has 0 spiro atoms. The van der Waals surface area contributed by atoms with Gasteiger partial charge in [-0.15, -0.1) is 0 Å². The first-order chi connectivity index (χ1) is 7.76. The quantitative estimate of drug-likeness (QED) is 0.814. The molecule has 88 valence electrons. The average molecular weight is 223 g/mol. The van der Waals surface area contributed by atoms with Gasteiger partial charge in [0, 0.05) is 12.0 Å². The molecule has 1 aliphatic carbocycles. The van der Waals surface area contributed by atoms with E-state index in [0.29, 0.717) is 12.1 Å². The van der Waals surface area contributed by atoms with Gasteiger partial charge in [0.15, 0.2) is 0 Å². The Balaban J connectivity index is 1.89. The summed E-state index contributed by atoms with van der Waals surface area (Å²) in [6.45, 7) is 0.701. The molecule has 1 saturated carbocycles. The van der Waals surface area contributed by atoms with E-state index in [4.69, 9.17) is 4.42 Å². The minimum absolute atomic E-state index is 0.0978. The Morgan fingerprint density at radius 2 is 2.25 bits per heavy atom. The molecule has 1 amide bonds. The lowest BCUT2D eigenvalue weighted by Gasteiger charge is -2.26. The molecule has 1 aliphatic rings. The van der Waals surface area contributed by atoms with Gasteiger partial charge in [-0.3, -0.25) is 4.79 Å². The van der Waals surface area contributed by atoms with Gasteiger partial charge in [0.05, 0.1) is 18.4 Å². The van der Waals surface area contributed by atoms with E-state index in [1.54, 1.807) is 6.07 Å². The van der Waals surface area contributed by atoms with Crippen LogP contribution in [0.25, 0.3) is 0 Å².